The molecule has 2 rings (SSSR count). The Hall–Kier alpha value is -2.37. The molecule has 1 aromatic rings. The van der Waals surface area contributed by atoms with Crippen LogP contribution in [0.4, 0.5) is 5.69 Å². The summed E-state index contributed by atoms with van der Waals surface area (Å²) in [7, 11) is 0. The van der Waals surface area contributed by atoms with Gasteiger partial charge in [-0.2, -0.15) is 0 Å². The zero-order chi connectivity index (χ0) is 15.2. The molecule has 112 valence electrons. The molecule has 0 saturated heterocycles. The number of hydrogen-bond acceptors (Lipinski definition) is 3. The van der Waals surface area contributed by atoms with Crippen LogP contribution in [-0.4, -0.2) is 28.9 Å². The van der Waals surface area contributed by atoms with Crippen molar-refractivity contribution < 1.29 is 19.5 Å². The first-order chi connectivity index (χ1) is 10.1. The average Bonchev–Trinajstić information content (AvgIpc) is 2.48. The minimum Gasteiger partial charge on any atom is -0.478 e. The summed E-state index contributed by atoms with van der Waals surface area (Å²) in [5, 5.41) is 14.0. The standard InChI is InChI=1S/C15H18N2O4/c18-13(16-11-4-2-1-3-5-11)14(19)17-12-8-6-10(7-9-12)15(20)21/h6-9,11H,1-5H2,(H,16,18)(H,17,19)(H,20,21). The molecule has 0 unspecified atom stereocenters. The van der Waals surface area contributed by atoms with Crippen molar-refractivity contribution in [2.24, 2.45) is 0 Å². The molecule has 0 aliphatic heterocycles. The number of rotatable bonds is 3. The molecule has 1 saturated carbocycles. The van der Waals surface area contributed by atoms with Gasteiger partial charge in [0.2, 0.25) is 0 Å². The van der Waals surface area contributed by atoms with E-state index in [1.807, 2.05) is 0 Å². The second-order valence-corrected chi connectivity index (χ2v) is 5.15. The summed E-state index contributed by atoms with van der Waals surface area (Å²) in [6.07, 6.45) is 5.14. The molecule has 1 fully saturated rings. The summed E-state index contributed by atoms with van der Waals surface area (Å²) >= 11 is 0. The Bertz CT molecular complexity index is 533. The lowest BCUT2D eigenvalue weighted by atomic mass is 9.95. The highest BCUT2D eigenvalue weighted by Crippen LogP contribution is 2.17. The van der Waals surface area contributed by atoms with Gasteiger partial charge in [0.05, 0.1) is 5.56 Å². The fourth-order valence-corrected chi connectivity index (χ4v) is 2.38. The minimum absolute atomic E-state index is 0.0754. The van der Waals surface area contributed by atoms with E-state index in [4.69, 9.17) is 5.11 Å². The van der Waals surface area contributed by atoms with E-state index >= 15 is 0 Å². The van der Waals surface area contributed by atoms with Gasteiger partial charge in [-0.1, -0.05) is 19.3 Å². The highest BCUT2D eigenvalue weighted by Gasteiger charge is 2.20. The van der Waals surface area contributed by atoms with Crippen molar-refractivity contribution in [1.82, 2.24) is 5.32 Å². The van der Waals surface area contributed by atoms with Crippen molar-refractivity contribution in [2.75, 3.05) is 5.32 Å². The zero-order valence-corrected chi connectivity index (χ0v) is 11.6. The van der Waals surface area contributed by atoms with E-state index in [9.17, 15) is 14.4 Å². The molecule has 1 aliphatic rings. The molecule has 0 radical (unpaired) electrons. The van der Waals surface area contributed by atoms with Gasteiger partial charge in [0.15, 0.2) is 0 Å². The van der Waals surface area contributed by atoms with Gasteiger partial charge in [-0.05, 0) is 37.1 Å². The molecule has 0 heterocycles. The van der Waals surface area contributed by atoms with E-state index in [0.29, 0.717) is 5.69 Å². The highest BCUT2D eigenvalue weighted by atomic mass is 16.4. The van der Waals surface area contributed by atoms with Crippen LogP contribution >= 0.6 is 0 Å². The molecule has 0 atom stereocenters. The number of carbonyl (C=O) groups excluding carboxylic acids is 2. The predicted octanol–water partition coefficient (Wildman–Crippen LogP) is 1.77. The van der Waals surface area contributed by atoms with Gasteiger partial charge in [0.1, 0.15) is 0 Å². The van der Waals surface area contributed by atoms with Crippen LogP contribution in [0, 0.1) is 0 Å². The maximum atomic E-state index is 11.8. The van der Waals surface area contributed by atoms with Gasteiger partial charge < -0.3 is 15.7 Å². The van der Waals surface area contributed by atoms with Crippen LogP contribution in [0.1, 0.15) is 42.5 Å². The van der Waals surface area contributed by atoms with Gasteiger partial charge in [-0.15, -0.1) is 0 Å². The minimum atomic E-state index is -1.04. The molecule has 6 heteroatoms. The van der Waals surface area contributed by atoms with Crippen molar-refractivity contribution in [3.63, 3.8) is 0 Å². The second-order valence-electron chi connectivity index (χ2n) is 5.15. The van der Waals surface area contributed by atoms with Gasteiger partial charge in [0.25, 0.3) is 0 Å². The summed E-state index contributed by atoms with van der Waals surface area (Å²) in [5.41, 5.74) is 0.517. The number of aromatic carboxylic acids is 1. The van der Waals surface area contributed by atoms with Gasteiger partial charge in [-0.3, -0.25) is 9.59 Å². The van der Waals surface area contributed by atoms with E-state index in [0.717, 1.165) is 25.7 Å². The smallest absolute Gasteiger partial charge is 0.335 e. The molecule has 6 nitrogen and oxygen atoms in total. The third kappa shape index (κ3) is 4.30. The Kier molecular flexibility index (Phi) is 4.92. The van der Waals surface area contributed by atoms with Crippen LogP contribution in [0.15, 0.2) is 24.3 Å². The Morgan fingerprint density at radius 2 is 1.57 bits per heavy atom. The van der Waals surface area contributed by atoms with Crippen molar-refractivity contribution in [3.05, 3.63) is 29.8 Å². The van der Waals surface area contributed by atoms with E-state index in [1.165, 1.54) is 30.7 Å². The molecule has 2 amide bonds. The Morgan fingerprint density at radius 3 is 2.14 bits per heavy atom. The number of benzene rings is 1. The summed E-state index contributed by atoms with van der Waals surface area (Å²) in [5.74, 6) is -2.42. The van der Waals surface area contributed by atoms with Crippen molar-refractivity contribution in [2.45, 2.75) is 38.1 Å². The largest absolute Gasteiger partial charge is 0.478 e. The monoisotopic (exact) mass is 290 g/mol. The van der Waals surface area contributed by atoms with Crippen LogP contribution in [-0.2, 0) is 9.59 Å². The molecular weight excluding hydrogens is 272 g/mol. The summed E-state index contributed by atoms with van der Waals surface area (Å²) in [6, 6.07) is 5.73. The molecule has 21 heavy (non-hydrogen) atoms. The van der Waals surface area contributed by atoms with Gasteiger partial charge in [-0.25, -0.2) is 4.79 Å². The van der Waals surface area contributed by atoms with Crippen LogP contribution in [0.2, 0.25) is 0 Å². The zero-order valence-electron chi connectivity index (χ0n) is 11.6. The topological polar surface area (TPSA) is 95.5 Å². The van der Waals surface area contributed by atoms with Crippen LogP contribution < -0.4 is 10.6 Å². The van der Waals surface area contributed by atoms with Crippen molar-refractivity contribution in [1.29, 1.82) is 0 Å². The van der Waals surface area contributed by atoms with E-state index < -0.39 is 17.8 Å². The number of anilines is 1. The Labute approximate surface area is 122 Å². The third-order valence-electron chi connectivity index (χ3n) is 3.54. The van der Waals surface area contributed by atoms with Crippen molar-refractivity contribution >= 4 is 23.5 Å². The summed E-state index contributed by atoms with van der Waals surface area (Å²) in [6.45, 7) is 0. The molecule has 0 aromatic heterocycles. The number of amides is 2. The maximum absolute atomic E-state index is 11.8. The van der Waals surface area contributed by atoms with Crippen LogP contribution in [0.3, 0.4) is 0 Å². The lowest BCUT2D eigenvalue weighted by molar-refractivity contribution is -0.136. The van der Waals surface area contributed by atoms with Crippen LogP contribution in [0.25, 0.3) is 0 Å². The quantitative estimate of drug-likeness (QED) is 0.739. The molecule has 1 aliphatic carbocycles. The van der Waals surface area contributed by atoms with Crippen molar-refractivity contribution in [3.8, 4) is 0 Å². The molecular formula is C15H18N2O4. The first-order valence-electron chi connectivity index (χ1n) is 7.01. The Morgan fingerprint density at radius 1 is 0.952 bits per heavy atom. The third-order valence-corrected chi connectivity index (χ3v) is 3.54. The maximum Gasteiger partial charge on any atom is 0.335 e. The number of carboxylic acid groups (broad SMARTS) is 1. The fourth-order valence-electron chi connectivity index (χ4n) is 2.38. The predicted molar refractivity (Wildman–Crippen MR) is 77.0 cm³/mol. The fraction of sp³-hybridized carbons (Fsp3) is 0.400. The molecule has 0 spiro atoms. The van der Waals surface area contributed by atoms with Gasteiger partial charge in [0, 0.05) is 11.7 Å². The average molecular weight is 290 g/mol. The summed E-state index contributed by atoms with van der Waals surface area (Å²) < 4.78 is 0. The lowest BCUT2D eigenvalue weighted by Crippen LogP contribution is -2.42. The number of carboxylic acids is 1. The first kappa shape index (κ1) is 15.0. The molecule has 0 bridgehead atoms. The Balaban J connectivity index is 1.87. The van der Waals surface area contributed by atoms with E-state index in [1.54, 1.807) is 0 Å². The molecule has 1 aromatic carbocycles. The van der Waals surface area contributed by atoms with E-state index in [2.05, 4.69) is 10.6 Å². The van der Waals surface area contributed by atoms with E-state index in [-0.39, 0.29) is 11.6 Å². The lowest BCUT2D eigenvalue weighted by Gasteiger charge is -2.22. The normalized spacial score (nSPS) is 15.2. The number of carbonyl (C=O) groups is 3. The highest BCUT2D eigenvalue weighted by molar-refractivity contribution is 6.39. The first-order valence-corrected chi connectivity index (χ1v) is 7.01. The van der Waals surface area contributed by atoms with Gasteiger partial charge >= 0.3 is 17.8 Å². The van der Waals surface area contributed by atoms with Crippen LogP contribution in [0.5, 0.6) is 0 Å². The molecule has 3 N–H and O–H groups in total. The number of nitrogens with one attached hydrogen (secondary N) is 2. The second kappa shape index (κ2) is 6.88. The number of hydrogen-bond donors (Lipinski definition) is 3. The summed E-state index contributed by atoms with van der Waals surface area (Å²) in [4.78, 5) is 34.3. The SMILES string of the molecule is O=C(Nc1ccc(C(=O)O)cc1)C(=O)NC1CCCCC1.